The van der Waals surface area contributed by atoms with Crippen LogP contribution in [0.3, 0.4) is 0 Å². The van der Waals surface area contributed by atoms with Gasteiger partial charge in [0.1, 0.15) is 9.22 Å². The second kappa shape index (κ2) is 8.79. The summed E-state index contributed by atoms with van der Waals surface area (Å²) >= 11 is 2.01. The van der Waals surface area contributed by atoms with E-state index >= 15 is 0 Å². The van der Waals surface area contributed by atoms with Crippen LogP contribution < -0.4 is 15.4 Å². The van der Waals surface area contributed by atoms with Gasteiger partial charge in [-0.05, 0) is 11.4 Å². The van der Waals surface area contributed by atoms with Crippen LogP contribution in [0.5, 0.6) is 0 Å². The van der Waals surface area contributed by atoms with Crippen molar-refractivity contribution in [3.63, 3.8) is 0 Å². The Balaban J connectivity index is 1.75. The third-order valence-electron chi connectivity index (χ3n) is 2.94. The van der Waals surface area contributed by atoms with E-state index in [9.17, 15) is 21.6 Å². The van der Waals surface area contributed by atoms with Gasteiger partial charge in [-0.2, -0.15) is 13.2 Å². The Bertz CT molecular complexity index is 832. The summed E-state index contributed by atoms with van der Waals surface area (Å²) in [6.07, 6.45) is -4.46. The van der Waals surface area contributed by atoms with Crippen molar-refractivity contribution in [2.45, 2.75) is 16.9 Å². The molecule has 0 aromatic carbocycles. The van der Waals surface area contributed by atoms with Crippen LogP contribution in [0.1, 0.15) is 10.7 Å². The number of rotatable bonds is 7. The minimum atomic E-state index is -4.46. The Morgan fingerprint density at radius 2 is 2.04 bits per heavy atom. The number of aromatic nitrogens is 1. The molecule has 13 heteroatoms. The van der Waals surface area contributed by atoms with Crippen molar-refractivity contribution < 1.29 is 21.6 Å². The first kappa shape index (κ1) is 20.6. The first-order chi connectivity index (χ1) is 12.2. The summed E-state index contributed by atoms with van der Waals surface area (Å²) < 4.78 is 64.0. The molecule has 2 heterocycles. The second-order valence-electron chi connectivity index (χ2n) is 4.81. The summed E-state index contributed by atoms with van der Waals surface area (Å²) in [4.78, 5) is 7.42. The molecule has 0 amide bonds. The molecule has 0 aliphatic carbocycles. The molecule has 0 spiro atoms. The zero-order valence-electron chi connectivity index (χ0n) is 13.5. The maximum Gasteiger partial charge on any atom is 0.434 e. The van der Waals surface area contributed by atoms with Gasteiger partial charge in [0, 0.05) is 25.5 Å². The van der Waals surface area contributed by atoms with Gasteiger partial charge in [0.15, 0.2) is 11.7 Å². The molecule has 0 aliphatic heterocycles. The SMILES string of the molecule is CN=C(NCCNS(=O)(=O)c1cccs1)NCc1nc(C(F)(F)F)cs1. The van der Waals surface area contributed by atoms with E-state index in [0.717, 1.165) is 28.1 Å². The molecule has 2 aromatic rings. The normalized spacial score (nSPS) is 13.0. The minimum Gasteiger partial charge on any atom is -0.355 e. The first-order valence-corrected chi connectivity index (χ1v) is 10.5. The Labute approximate surface area is 156 Å². The zero-order chi connectivity index (χ0) is 19.2. The van der Waals surface area contributed by atoms with Gasteiger partial charge in [-0.1, -0.05) is 6.07 Å². The Kier molecular flexibility index (Phi) is 6.97. The quantitative estimate of drug-likeness (QED) is 0.356. The van der Waals surface area contributed by atoms with E-state index in [-0.39, 0.29) is 28.9 Å². The average Bonchev–Trinajstić information content (AvgIpc) is 3.25. The van der Waals surface area contributed by atoms with Crippen LogP contribution in [0.15, 0.2) is 32.1 Å². The third-order valence-corrected chi connectivity index (χ3v) is 6.65. The highest BCUT2D eigenvalue weighted by atomic mass is 32.2. The van der Waals surface area contributed by atoms with Crippen molar-refractivity contribution in [3.05, 3.63) is 33.6 Å². The van der Waals surface area contributed by atoms with Crippen LogP contribution in [0.2, 0.25) is 0 Å². The van der Waals surface area contributed by atoms with Crippen LogP contribution >= 0.6 is 22.7 Å². The van der Waals surface area contributed by atoms with Crippen LogP contribution in [-0.2, 0) is 22.7 Å². The van der Waals surface area contributed by atoms with Crippen molar-refractivity contribution in [2.75, 3.05) is 20.1 Å². The largest absolute Gasteiger partial charge is 0.434 e. The lowest BCUT2D eigenvalue weighted by Crippen LogP contribution is -2.41. The number of guanidine groups is 1. The van der Waals surface area contributed by atoms with E-state index in [1.807, 2.05) is 0 Å². The number of hydrogen-bond donors (Lipinski definition) is 3. The number of halogens is 3. The van der Waals surface area contributed by atoms with Crippen LogP contribution in [-0.4, -0.2) is 39.5 Å². The van der Waals surface area contributed by atoms with Gasteiger partial charge < -0.3 is 10.6 Å². The number of nitrogens with zero attached hydrogens (tertiary/aromatic N) is 2. The third kappa shape index (κ3) is 5.93. The van der Waals surface area contributed by atoms with Crippen LogP contribution in [0.25, 0.3) is 0 Å². The predicted molar refractivity (Wildman–Crippen MR) is 94.8 cm³/mol. The lowest BCUT2D eigenvalue weighted by atomic mass is 10.5. The molecular formula is C13H16F3N5O2S3. The van der Waals surface area contributed by atoms with Gasteiger partial charge in [0.25, 0.3) is 0 Å². The van der Waals surface area contributed by atoms with E-state index in [1.54, 1.807) is 11.4 Å². The van der Waals surface area contributed by atoms with Gasteiger partial charge in [0.05, 0.1) is 6.54 Å². The first-order valence-electron chi connectivity index (χ1n) is 7.21. The van der Waals surface area contributed by atoms with E-state index < -0.39 is 21.9 Å². The maximum absolute atomic E-state index is 12.5. The molecule has 0 unspecified atom stereocenters. The number of thiazole rings is 1. The Morgan fingerprint density at radius 1 is 1.27 bits per heavy atom. The molecule has 0 saturated heterocycles. The average molecular weight is 427 g/mol. The van der Waals surface area contributed by atoms with Crippen molar-refractivity contribution in [3.8, 4) is 0 Å². The van der Waals surface area contributed by atoms with E-state index in [4.69, 9.17) is 0 Å². The topological polar surface area (TPSA) is 95.5 Å². The lowest BCUT2D eigenvalue weighted by Gasteiger charge is -2.11. The monoisotopic (exact) mass is 427 g/mol. The maximum atomic E-state index is 12.5. The van der Waals surface area contributed by atoms with Gasteiger partial charge in [-0.25, -0.2) is 18.1 Å². The molecule has 0 saturated carbocycles. The summed E-state index contributed by atoms with van der Waals surface area (Å²) in [6.45, 7) is 0.438. The fourth-order valence-electron chi connectivity index (χ4n) is 1.76. The summed E-state index contributed by atoms with van der Waals surface area (Å²) in [6, 6.07) is 3.15. The molecule has 0 radical (unpaired) electrons. The number of alkyl halides is 3. The fraction of sp³-hybridized carbons (Fsp3) is 0.385. The summed E-state index contributed by atoms with van der Waals surface area (Å²) in [5, 5.41) is 8.57. The van der Waals surface area contributed by atoms with E-state index in [0.29, 0.717) is 5.96 Å². The molecule has 7 nitrogen and oxygen atoms in total. The van der Waals surface area contributed by atoms with Crippen LogP contribution in [0.4, 0.5) is 13.2 Å². The summed E-state index contributed by atoms with van der Waals surface area (Å²) in [5.74, 6) is 0.323. The van der Waals surface area contributed by atoms with Gasteiger partial charge >= 0.3 is 6.18 Å². The van der Waals surface area contributed by atoms with Crippen molar-refractivity contribution in [1.82, 2.24) is 20.3 Å². The molecule has 0 atom stereocenters. The molecule has 0 fully saturated rings. The molecule has 0 bridgehead atoms. The standard InChI is InChI=1S/C13H16F3N5O2S3/c1-17-12(19-7-10-21-9(8-25-10)13(14,15)16)18-4-5-20-26(22,23)11-3-2-6-24-11/h2-3,6,8,20H,4-5,7H2,1H3,(H2,17,18,19). The highest BCUT2D eigenvalue weighted by molar-refractivity contribution is 7.91. The minimum absolute atomic E-state index is 0.0708. The number of sulfonamides is 1. The van der Waals surface area contributed by atoms with E-state index in [2.05, 4.69) is 25.3 Å². The number of thiophene rings is 1. The molecule has 2 aromatic heterocycles. The van der Waals surface area contributed by atoms with Crippen molar-refractivity contribution in [2.24, 2.45) is 4.99 Å². The van der Waals surface area contributed by atoms with Crippen LogP contribution in [0, 0.1) is 0 Å². The number of hydrogen-bond acceptors (Lipinski definition) is 6. The highest BCUT2D eigenvalue weighted by Crippen LogP contribution is 2.29. The predicted octanol–water partition coefficient (Wildman–Crippen LogP) is 1.87. The van der Waals surface area contributed by atoms with Gasteiger partial charge in [-0.3, -0.25) is 4.99 Å². The van der Waals surface area contributed by atoms with E-state index in [1.165, 1.54) is 13.1 Å². The van der Waals surface area contributed by atoms with Crippen molar-refractivity contribution >= 4 is 38.7 Å². The number of nitrogens with one attached hydrogen (secondary N) is 3. The number of aliphatic imine (C=N–C) groups is 1. The summed E-state index contributed by atoms with van der Waals surface area (Å²) in [5.41, 5.74) is -0.926. The molecule has 144 valence electrons. The van der Waals surface area contributed by atoms with Gasteiger partial charge in [-0.15, -0.1) is 22.7 Å². The van der Waals surface area contributed by atoms with Crippen molar-refractivity contribution in [1.29, 1.82) is 0 Å². The molecule has 0 aliphatic rings. The lowest BCUT2D eigenvalue weighted by molar-refractivity contribution is -0.140. The Morgan fingerprint density at radius 3 is 2.62 bits per heavy atom. The summed E-state index contributed by atoms with van der Waals surface area (Å²) in [7, 11) is -2.04. The Hall–Kier alpha value is -1.70. The molecule has 26 heavy (non-hydrogen) atoms. The molecular weight excluding hydrogens is 411 g/mol. The second-order valence-corrected chi connectivity index (χ2v) is 8.69. The fourth-order valence-corrected chi connectivity index (χ4v) is 4.57. The van der Waals surface area contributed by atoms with Gasteiger partial charge in [0.2, 0.25) is 10.0 Å². The zero-order valence-corrected chi connectivity index (χ0v) is 15.9. The molecule has 3 N–H and O–H groups in total. The highest BCUT2D eigenvalue weighted by Gasteiger charge is 2.33. The smallest absolute Gasteiger partial charge is 0.355 e. The molecule has 2 rings (SSSR count).